The predicted molar refractivity (Wildman–Crippen MR) is 103 cm³/mol. The minimum Gasteiger partial charge on any atom is -0.396 e. The average Bonchev–Trinajstić information content (AvgIpc) is 2.38. The fraction of sp³-hybridized carbons (Fsp3) is 1.00. The van der Waals surface area contributed by atoms with Crippen LogP contribution in [0.1, 0.15) is 86.5 Å². The van der Waals surface area contributed by atoms with E-state index in [2.05, 4.69) is 41.5 Å². The van der Waals surface area contributed by atoms with Crippen molar-refractivity contribution in [2.45, 2.75) is 104 Å². The van der Waals surface area contributed by atoms with Gasteiger partial charge >= 0.3 is 0 Å². The van der Waals surface area contributed by atoms with Gasteiger partial charge in [-0.15, -0.1) is 0 Å². The molecule has 0 aromatic rings. The second-order valence-electron chi connectivity index (χ2n) is 12.1. The third-order valence-electron chi connectivity index (χ3n) is 7.43. The van der Waals surface area contributed by atoms with Crippen LogP contribution < -0.4 is 0 Å². The summed E-state index contributed by atoms with van der Waals surface area (Å²) in [5.74, 6) is 1.02. The Balaban J connectivity index is 1.87. The fourth-order valence-electron chi connectivity index (χ4n) is 6.66. The van der Waals surface area contributed by atoms with Gasteiger partial charge in [0, 0.05) is 11.8 Å². The molecule has 0 aromatic carbocycles. The zero-order chi connectivity index (χ0) is 19.6. The summed E-state index contributed by atoms with van der Waals surface area (Å²) in [6.45, 7) is 12.6. The number of aliphatic hydroxyl groups excluding tert-OH is 2. The van der Waals surface area contributed by atoms with Crippen LogP contribution in [0, 0.1) is 28.1 Å². The van der Waals surface area contributed by atoms with E-state index < -0.39 is 22.9 Å². The lowest BCUT2D eigenvalue weighted by atomic mass is 9.52. The lowest BCUT2D eigenvalue weighted by Crippen LogP contribution is -2.63. The van der Waals surface area contributed by atoms with Crippen LogP contribution in [0.15, 0.2) is 0 Å². The van der Waals surface area contributed by atoms with Crippen molar-refractivity contribution < 1.29 is 20.1 Å². The Kier molecular flexibility index (Phi) is 4.88. The van der Waals surface area contributed by atoms with E-state index in [1.54, 1.807) is 0 Å². The van der Waals surface area contributed by atoms with Crippen LogP contribution in [0.3, 0.4) is 0 Å². The Morgan fingerprint density at radius 2 is 1.54 bits per heavy atom. The molecule has 4 rings (SSSR count). The molecule has 4 nitrogen and oxygen atoms in total. The molecule has 0 aromatic heterocycles. The van der Waals surface area contributed by atoms with Crippen molar-refractivity contribution in [3.63, 3.8) is 0 Å². The molecule has 0 radical (unpaired) electrons. The topological polar surface area (TPSA) is 69.9 Å². The summed E-state index contributed by atoms with van der Waals surface area (Å²) in [5.41, 5.74) is -2.13. The molecule has 0 heterocycles. The molecule has 4 atom stereocenters. The van der Waals surface area contributed by atoms with Gasteiger partial charge in [0.05, 0.1) is 17.8 Å². The van der Waals surface area contributed by atoms with E-state index in [1.165, 1.54) is 6.42 Å². The monoisotopic (exact) mass is 368 g/mol. The summed E-state index contributed by atoms with van der Waals surface area (Å²) in [6, 6.07) is 0. The minimum atomic E-state index is -1.04. The third kappa shape index (κ3) is 3.59. The number of hydrogen-bond donors (Lipinski definition) is 3. The smallest absolute Gasteiger partial charge is 0.163 e. The predicted octanol–water partition coefficient (Wildman–Crippen LogP) is 3.87. The number of rotatable bonds is 5. The maximum absolute atomic E-state index is 11.3. The number of ether oxygens (including phenoxy) is 1. The van der Waals surface area contributed by atoms with E-state index in [9.17, 15) is 15.3 Å². The maximum atomic E-state index is 11.3. The molecule has 4 aliphatic carbocycles. The minimum absolute atomic E-state index is 0.0416. The van der Waals surface area contributed by atoms with Crippen molar-refractivity contribution in [2.24, 2.45) is 28.1 Å². The van der Waals surface area contributed by atoms with Crippen LogP contribution in [-0.4, -0.2) is 39.4 Å². The molecule has 4 unspecified atom stereocenters. The lowest BCUT2D eigenvalue weighted by Gasteiger charge is -2.61. The first kappa shape index (κ1) is 20.6. The Morgan fingerprint density at radius 1 is 1.00 bits per heavy atom. The molecule has 0 spiro atoms. The van der Waals surface area contributed by atoms with Crippen molar-refractivity contribution in [3.05, 3.63) is 0 Å². The van der Waals surface area contributed by atoms with E-state index in [1.807, 2.05) is 0 Å². The van der Waals surface area contributed by atoms with Crippen molar-refractivity contribution in [3.8, 4) is 0 Å². The molecule has 0 amide bonds. The summed E-state index contributed by atoms with van der Waals surface area (Å²) in [6.07, 6.45) is 5.10. The van der Waals surface area contributed by atoms with Crippen LogP contribution in [0.2, 0.25) is 0 Å². The lowest BCUT2D eigenvalue weighted by molar-refractivity contribution is -0.316. The number of hydrogen-bond acceptors (Lipinski definition) is 4. The van der Waals surface area contributed by atoms with E-state index in [4.69, 9.17) is 4.74 Å². The van der Waals surface area contributed by atoms with Gasteiger partial charge in [-0.05, 0) is 61.2 Å². The zero-order valence-electron chi connectivity index (χ0n) is 17.6. The van der Waals surface area contributed by atoms with Crippen LogP contribution in [0.25, 0.3) is 0 Å². The van der Waals surface area contributed by atoms with Crippen molar-refractivity contribution in [2.75, 3.05) is 6.61 Å². The van der Waals surface area contributed by atoms with E-state index in [0.717, 1.165) is 25.7 Å². The van der Waals surface area contributed by atoms with Crippen LogP contribution >= 0.6 is 0 Å². The number of aliphatic hydroxyl groups is 3. The largest absolute Gasteiger partial charge is 0.396 e. The maximum Gasteiger partial charge on any atom is 0.163 e. The quantitative estimate of drug-likeness (QED) is 0.644. The van der Waals surface area contributed by atoms with Gasteiger partial charge in [-0.25, -0.2) is 0 Å². The van der Waals surface area contributed by atoms with E-state index >= 15 is 0 Å². The Morgan fingerprint density at radius 3 is 1.92 bits per heavy atom. The van der Waals surface area contributed by atoms with Gasteiger partial charge in [-0.3, -0.25) is 0 Å². The first-order chi connectivity index (χ1) is 11.7. The molecule has 152 valence electrons. The molecule has 4 saturated carbocycles. The molecular formula is C22H40O4. The SMILES string of the molecule is CC(C)(C)CC(CO)(C(O)OC12CC3CC(CC(O)(C3)C1)C2)C(C)(C)C. The second-order valence-corrected chi connectivity index (χ2v) is 12.1. The van der Waals surface area contributed by atoms with E-state index in [0.29, 0.717) is 24.7 Å². The molecule has 0 aliphatic heterocycles. The van der Waals surface area contributed by atoms with Crippen LogP contribution in [0.4, 0.5) is 0 Å². The first-order valence-corrected chi connectivity index (χ1v) is 10.4. The Hall–Kier alpha value is -0.160. The summed E-state index contributed by atoms with van der Waals surface area (Å²) >= 11 is 0. The highest BCUT2D eigenvalue weighted by Gasteiger charge is 2.60. The highest BCUT2D eigenvalue weighted by atomic mass is 16.6. The summed E-state index contributed by atoms with van der Waals surface area (Å²) in [5, 5.41) is 32.7. The Labute approximate surface area is 159 Å². The Bertz CT molecular complexity index is 515. The first-order valence-electron chi connectivity index (χ1n) is 10.4. The van der Waals surface area contributed by atoms with Crippen molar-refractivity contribution in [1.29, 1.82) is 0 Å². The molecule has 4 fully saturated rings. The van der Waals surface area contributed by atoms with Gasteiger partial charge in [0.2, 0.25) is 0 Å². The van der Waals surface area contributed by atoms with Gasteiger partial charge in [-0.2, -0.15) is 0 Å². The van der Waals surface area contributed by atoms with Crippen molar-refractivity contribution >= 4 is 0 Å². The van der Waals surface area contributed by atoms with Gasteiger partial charge in [0.25, 0.3) is 0 Å². The van der Waals surface area contributed by atoms with Crippen LogP contribution in [0.5, 0.6) is 0 Å². The molecule has 3 N–H and O–H groups in total. The zero-order valence-corrected chi connectivity index (χ0v) is 17.6. The summed E-state index contributed by atoms with van der Waals surface area (Å²) < 4.78 is 6.48. The van der Waals surface area contributed by atoms with Gasteiger partial charge in [0.15, 0.2) is 6.29 Å². The fourth-order valence-corrected chi connectivity index (χ4v) is 6.66. The van der Waals surface area contributed by atoms with E-state index in [-0.39, 0.29) is 17.4 Å². The highest BCUT2D eigenvalue weighted by Crippen LogP contribution is 2.60. The van der Waals surface area contributed by atoms with Crippen LogP contribution in [-0.2, 0) is 4.74 Å². The summed E-state index contributed by atoms with van der Waals surface area (Å²) in [4.78, 5) is 0. The highest BCUT2D eigenvalue weighted by molar-refractivity contribution is 5.10. The van der Waals surface area contributed by atoms with Gasteiger partial charge < -0.3 is 20.1 Å². The molecular weight excluding hydrogens is 328 g/mol. The summed E-state index contributed by atoms with van der Waals surface area (Å²) in [7, 11) is 0. The second kappa shape index (κ2) is 6.17. The molecule has 4 aliphatic rings. The molecule has 26 heavy (non-hydrogen) atoms. The standard InChI is InChI=1S/C22H40O4/c1-18(2,3)12-22(14-23,19(4,5)6)17(24)26-21-10-15-7-16(11-21)9-20(25,8-15)13-21/h15-17,23-25H,7-14H2,1-6H3. The van der Waals surface area contributed by atoms with Crippen molar-refractivity contribution in [1.82, 2.24) is 0 Å². The molecule has 4 bridgehead atoms. The van der Waals surface area contributed by atoms with Gasteiger partial charge in [-0.1, -0.05) is 41.5 Å². The average molecular weight is 369 g/mol. The molecule has 0 saturated heterocycles. The third-order valence-corrected chi connectivity index (χ3v) is 7.43. The van der Waals surface area contributed by atoms with Gasteiger partial charge in [0.1, 0.15) is 0 Å². The molecule has 4 heteroatoms. The normalized spacial score (nSPS) is 40.5.